The molecule has 0 spiro atoms. The van der Waals surface area contributed by atoms with Gasteiger partial charge in [-0.25, -0.2) is 14.6 Å². The molecule has 1 aliphatic heterocycles. The number of halogens is 1. The first kappa shape index (κ1) is 32.0. The van der Waals surface area contributed by atoms with Gasteiger partial charge in [-0.3, -0.25) is 9.36 Å². The van der Waals surface area contributed by atoms with Crippen LogP contribution in [0.1, 0.15) is 46.9 Å². The van der Waals surface area contributed by atoms with Gasteiger partial charge in [-0.1, -0.05) is 35.6 Å². The Labute approximate surface area is 276 Å². The molecule has 5 rings (SSSR count). The normalized spacial score (nSPS) is 14.4. The van der Waals surface area contributed by atoms with E-state index in [-0.39, 0.29) is 29.9 Å². The minimum atomic E-state index is -1.01. The summed E-state index contributed by atoms with van der Waals surface area (Å²) in [5.41, 5.74) is 2.70. The van der Waals surface area contributed by atoms with Crippen LogP contribution in [-0.2, 0) is 16.1 Å². The SMILES string of the molecule is CCOC(=O)C1=C(C)N=c2s/c(=C\c3cc(I)c(OCc4cccc(C(=O)O)c4)c(OC)c3)c(=O)n2[C@@H]1c1cccc(OC)c1. The molecular weight excluding hydrogens is 711 g/mol. The number of carbonyl (C=O) groups is 2. The van der Waals surface area contributed by atoms with E-state index in [0.29, 0.717) is 49.0 Å². The molecule has 2 heterocycles. The molecule has 0 unspecified atom stereocenters. The Morgan fingerprint density at radius 2 is 1.87 bits per heavy atom. The molecule has 1 N–H and O–H groups in total. The lowest BCUT2D eigenvalue weighted by atomic mass is 9.95. The van der Waals surface area contributed by atoms with E-state index in [1.54, 1.807) is 63.4 Å². The fraction of sp³-hybridized carbons (Fsp3) is 0.212. The molecule has 1 atom stereocenters. The number of allylic oxidation sites excluding steroid dienone is 1. The molecule has 0 saturated heterocycles. The minimum Gasteiger partial charge on any atom is -0.497 e. The van der Waals surface area contributed by atoms with Gasteiger partial charge in [0.2, 0.25) is 0 Å². The molecule has 1 aliphatic rings. The number of carbonyl (C=O) groups excluding carboxylic acids is 1. The zero-order chi connectivity index (χ0) is 32.2. The Bertz CT molecular complexity index is 2010. The summed E-state index contributed by atoms with van der Waals surface area (Å²) in [6.45, 7) is 3.78. The number of benzene rings is 3. The van der Waals surface area contributed by atoms with E-state index in [9.17, 15) is 19.5 Å². The predicted molar refractivity (Wildman–Crippen MR) is 177 cm³/mol. The number of carboxylic acids is 1. The average molecular weight is 741 g/mol. The number of hydrogen-bond acceptors (Lipinski definition) is 9. The maximum Gasteiger partial charge on any atom is 0.338 e. The number of carboxylic acid groups (broad SMARTS) is 1. The first-order chi connectivity index (χ1) is 21.6. The molecule has 10 nitrogen and oxygen atoms in total. The van der Waals surface area contributed by atoms with E-state index in [2.05, 4.69) is 27.6 Å². The number of rotatable bonds is 10. The van der Waals surface area contributed by atoms with Crippen LogP contribution in [0.4, 0.5) is 0 Å². The van der Waals surface area contributed by atoms with Crippen molar-refractivity contribution in [2.24, 2.45) is 4.99 Å². The number of aromatic nitrogens is 1. The van der Waals surface area contributed by atoms with Gasteiger partial charge in [0.1, 0.15) is 12.4 Å². The van der Waals surface area contributed by atoms with Crippen LogP contribution in [0.25, 0.3) is 6.08 Å². The van der Waals surface area contributed by atoms with Crippen LogP contribution in [0, 0.1) is 3.57 Å². The van der Waals surface area contributed by atoms with Crippen molar-refractivity contribution in [1.82, 2.24) is 4.57 Å². The summed E-state index contributed by atoms with van der Waals surface area (Å²) in [4.78, 5) is 43.6. The lowest BCUT2D eigenvalue weighted by molar-refractivity contribution is -0.139. The molecule has 232 valence electrons. The number of nitrogens with zero attached hydrogens (tertiary/aromatic N) is 2. The number of methoxy groups -OCH3 is 2. The summed E-state index contributed by atoms with van der Waals surface area (Å²) in [6.07, 6.45) is 1.75. The molecule has 4 aromatic rings. The highest BCUT2D eigenvalue weighted by Gasteiger charge is 2.33. The third kappa shape index (κ3) is 6.66. The van der Waals surface area contributed by atoms with Gasteiger partial charge >= 0.3 is 11.9 Å². The van der Waals surface area contributed by atoms with Crippen molar-refractivity contribution in [3.63, 3.8) is 0 Å². The molecule has 0 amide bonds. The van der Waals surface area contributed by atoms with Gasteiger partial charge in [0.15, 0.2) is 16.3 Å². The van der Waals surface area contributed by atoms with Crippen molar-refractivity contribution >= 4 is 51.9 Å². The minimum absolute atomic E-state index is 0.137. The monoisotopic (exact) mass is 740 g/mol. The lowest BCUT2D eigenvalue weighted by Gasteiger charge is -2.25. The van der Waals surface area contributed by atoms with E-state index in [1.165, 1.54) is 29.1 Å². The Morgan fingerprint density at radius 1 is 1.09 bits per heavy atom. The molecular formula is C33H29IN2O8S. The number of esters is 1. The zero-order valence-electron chi connectivity index (χ0n) is 24.8. The van der Waals surface area contributed by atoms with Crippen molar-refractivity contribution in [1.29, 1.82) is 0 Å². The maximum atomic E-state index is 14.0. The summed E-state index contributed by atoms with van der Waals surface area (Å²) < 4.78 is 25.1. The summed E-state index contributed by atoms with van der Waals surface area (Å²) >= 11 is 3.35. The molecule has 0 saturated carbocycles. The van der Waals surface area contributed by atoms with Crippen molar-refractivity contribution in [2.75, 3.05) is 20.8 Å². The maximum absolute atomic E-state index is 14.0. The zero-order valence-corrected chi connectivity index (χ0v) is 27.8. The largest absolute Gasteiger partial charge is 0.497 e. The quantitative estimate of drug-likeness (QED) is 0.184. The van der Waals surface area contributed by atoms with Crippen LogP contribution >= 0.6 is 33.9 Å². The van der Waals surface area contributed by atoms with E-state index in [1.807, 2.05) is 18.2 Å². The predicted octanol–water partition coefficient (Wildman–Crippen LogP) is 4.70. The van der Waals surface area contributed by atoms with Crippen LogP contribution in [0.5, 0.6) is 17.2 Å². The van der Waals surface area contributed by atoms with Gasteiger partial charge in [-0.15, -0.1) is 0 Å². The Hall–Kier alpha value is -4.43. The molecule has 0 radical (unpaired) electrons. The smallest absolute Gasteiger partial charge is 0.338 e. The molecule has 0 bridgehead atoms. The van der Waals surface area contributed by atoms with Crippen molar-refractivity contribution < 1.29 is 33.6 Å². The van der Waals surface area contributed by atoms with Gasteiger partial charge in [0, 0.05) is 0 Å². The van der Waals surface area contributed by atoms with Crippen LogP contribution < -0.4 is 29.1 Å². The number of fused-ring (bicyclic) bond motifs is 1. The number of aromatic carboxylic acids is 1. The van der Waals surface area contributed by atoms with E-state index >= 15 is 0 Å². The van der Waals surface area contributed by atoms with Crippen molar-refractivity contribution in [3.8, 4) is 17.2 Å². The average Bonchev–Trinajstić information content (AvgIpc) is 3.33. The Morgan fingerprint density at radius 3 is 2.58 bits per heavy atom. The van der Waals surface area contributed by atoms with E-state index in [0.717, 1.165) is 3.57 Å². The standard InChI is InChI=1S/C33H29IN2O8S/c1-5-43-32(40)27-18(2)35-33-36(28(27)21-9-7-11-23(16-21)41-3)30(37)26(45-33)15-20-13-24(34)29(25(14-20)42-4)44-17-19-8-6-10-22(12-19)31(38)39/h6-16,28H,5,17H2,1-4H3,(H,38,39)/b26-15-/t28-/m1/s1. The van der Waals surface area contributed by atoms with Gasteiger partial charge in [0.05, 0.1) is 51.8 Å². The summed E-state index contributed by atoms with van der Waals surface area (Å²) in [5, 5.41) is 9.29. The Kier molecular flexibility index (Phi) is 9.73. The molecule has 45 heavy (non-hydrogen) atoms. The van der Waals surface area contributed by atoms with E-state index < -0.39 is 18.0 Å². The fourth-order valence-electron chi connectivity index (χ4n) is 4.98. The van der Waals surface area contributed by atoms with Gasteiger partial charge in [0.25, 0.3) is 5.56 Å². The lowest BCUT2D eigenvalue weighted by Crippen LogP contribution is -2.39. The van der Waals surface area contributed by atoms with E-state index in [4.69, 9.17) is 18.9 Å². The Balaban J connectivity index is 1.56. The highest BCUT2D eigenvalue weighted by molar-refractivity contribution is 14.1. The van der Waals surface area contributed by atoms with Gasteiger partial charge < -0.3 is 24.1 Å². The van der Waals surface area contributed by atoms with Crippen LogP contribution in [0.2, 0.25) is 0 Å². The third-order valence-corrected chi connectivity index (χ3v) is 8.82. The van der Waals surface area contributed by atoms with Crippen LogP contribution in [-0.4, -0.2) is 42.4 Å². The topological polar surface area (TPSA) is 126 Å². The third-order valence-electron chi connectivity index (χ3n) is 7.03. The van der Waals surface area contributed by atoms with Gasteiger partial charge in [-0.05, 0) is 95.6 Å². The highest BCUT2D eigenvalue weighted by Crippen LogP contribution is 2.35. The summed E-state index contributed by atoms with van der Waals surface area (Å²) in [5.74, 6) is -0.0209. The molecule has 1 aromatic heterocycles. The van der Waals surface area contributed by atoms with Crippen LogP contribution in [0.3, 0.4) is 0 Å². The molecule has 3 aromatic carbocycles. The van der Waals surface area contributed by atoms with Crippen LogP contribution in [0.15, 0.2) is 81.7 Å². The molecule has 0 aliphatic carbocycles. The first-order valence-electron chi connectivity index (χ1n) is 13.8. The number of hydrogen-bond donors (Lipinski definition) is 1. The highest BCUT2D eigenvalue weighted by atomic mass is 127. The molecule has 12 heteroatoms. The van der Waals surface area contributed by atoms with Crippen molar-refractivity contribution in [2.45, 2.75) is 26.5 Å². The second-order valence-electron chi connectivity index (χ2n) is 9.91. The summed E-state index contributed by atoms with van der Waals surface area (Å²) in [6, 6.07) is 16.6. The number of thiazole rings is 1. The van der Waals surface area contributed by atoms with Gasteiger partial charge in [-0.2, -0.15) is 0 Å². The fourth-order valence-corrected chi connectivity index (χ4v) is 6.81. The second-order valence-corrected chi connectivity index (χ2v) is 12.1. The summed E-state index contributed by atoms with van der Waals surface area (Å²) in [7, 11) is 3.08. The first-order valence-corrected chi connectivity index (χ1v) is 15.7. The number of ether oxygens (including phenoxy) is 4. The second kappa shape index (κ2) is 13.7. The molecule has 0 fully saturated rings. The van der Waals surface area contributed by atoms with Crippen molar-refractivity contribution in [3.05, 3.63) is 117 Å².